The van der Waals surface area contributed by atoms with Crippen LogP contribution in [0.25, 0.3) is 0 Å². The van der Waals surface area contributed by atoms with Gasteiger partial charge in [-0.3, -0.25) is 4.79 Å². The quantitative estimate of drug-likeness (QED) is 0.664. The molecule has 0 aromatic heterocycles. The van der Waals surface area contributed by atoms with E-state index in [4.69, 9.17) is 4.74 Å². The van der Waals surface area contributed by atoms with Gasteiger partial charge >= 0.3 is 6.09 Å². The molecule has 0 rings (SSSR count). The van der Waals surface area contributed by atoms with Crippen molar-refractivity contribution in [2.45, 2.75) is 109 Å². The lowest BCUT2D eigenvalue weighted by molar-refractivity contribution is -0.124. The van der Waals surface area contributed by atoms with E-state index in [0.717, 1.165) is 0 Å². The molecule has 0 aromatic rings. The molecule has 5 heteroatoms. The third kappa shape index (κ3) is 27.9. The summed E-state index contributed by atoms with van der Waals surface area (Å²) in [6.07, 6.45) is -0.567. The number of rotatable bonds is 4. The highest BCUT2D eigenvalue weighted by Gasteiger charge is 2.26. The predicted molar refractivity (Wildman–Crippen MR) is 112 cm³/mol. The number of alkyl carbamates (subject to hydrolysis) is 1. The second kappa shape index (κ2) is 25.0. The Hall–Kier alpha value is -1.26. The van der Waals surface area contributed by atoms with Gasteiger partial charge in [0.25, 0.3) is 0 Å². The van der Waals surface area contributed by atoms with Crippen molar-refractivity contribution < 1.29 is 14.3 Å². The van der Waals surface area contributed by atoms with Gasteiger partial charge < -0.3 is 15.4 Å². The Morgan fingerprint density at radius 2 is 1.24 bits per heavy atom. The standard InChI is InChI=1S/C12H24N2O3.4C2H6/c1-7-13-10(15)9(8(2)3)14-11(16)17-12(4,5)6;4*1-2/h8-9H,7H2,1-6H3,(H,13,15)(H,14,16);4*1-2H3. The van der Waals surface area contributed by atoms with Crippen molar-refractivity contribution in [3.63, 3.8) is 0 Å². The Balaban J connectivity index is -0.000000145. The Morgan fingerprint density at radius 1 is 0.880 bits per heavy atom. The van der Waals surface area contributed by atoms with Gasteiger partial charge in [0.1, 0.15) is 11.6 Å². The smallest absolute Gasteiger partial charge is 0.408 e. The van der Waals surface area contributed by atoms with Crippen LogP contribution in [0.15, 0.2) is 0 Å². The Bertz CT molecular complexity index is 273. The lowest BCUT2D eigenvalue weighted by atomic mass is 10.0. The van der Waals surface area contributed by atoms with Crippen molar-refractivity contribution >= 4 is 12.0 Å². The van der Waals surface area contributed by atoms with Crippen LogP contribution in [-0.4, -0.2) is 30.2 Å². The second-order valence-corrected chi connectivity index (χ2v) is 5.26. The summed E-state index contributed by atoms with van der Waals surface area (Å²) in [5.74, 6) is -0.178. The summed E-state index contributed by atoms with van der Waals surface area (Å²) in [6.45, 7) is 27.5. The van der Waals surface area contributed by atoms with Crippen molar-refractivity contribution in [1.29, 1.82) is 0 Å². The van der Waals surface area contributed by atoms with Gasteiger partial charge in [0.15, 0.2) is 0 Å². The van der Waals surface area contributed by atoms with E-state index in [2.05, 4.69) is 10.6 Å². The predicted octanol–water partition coefficient (Wildman–Crippen LogP) is 5.78. The van der Waals surface area contributed by atoms with Gasteiger partial charge in [0.2, 0.25) is 5.91 Å². The lowest BCUT2D eigenvalue weighted by Gasteiger charge is -2.25. The molecule has 0 saturated heterocycles. The van der Waals surface area contributed by atoms with Crippen LogP contribution in [0.2, 0.25) is 0 Å². The molecule has 0 aliphatic carbocycles. The first-order valence-corrected chi connectivity index (χ1v) is 9.94. The van der Waals surface area contributed by atoms with Crippen molar-refractivity contribution in [3.05, 3.63) is 0 Å². The van der Waals surface area contributed by atoms with Crippen molar-refractivity contribution in [3.8, 4) is 0 Å². The SMILES string of the molecule is CC.CC.CC.CC.CCNC(=O)C(NC(=O)OC(C)(C)C)C(C)C. The fourth-order valence-corrected chi connectivity index (χ4v) is 1.25. The van der Waals surface area contributed by atoms with Crippen LogP contribution in [0, 0.1) is 5.92 Å². The number of ether oxygens (including phenoxy) is 1. The first kappa shape index (κ1) is 35.0. The molecule has 0 fully saturated rings. The van der Waals surface area contributed by atoms with Crippen LogP contribution >= 0.6 is 0 Å². The maximum Gasteiger partial charge on any atom is 0.408 e. The number of carbonyl (C=O) groups excluding carboxylic acids is 2. The van der Waals surface area contributed by atoms with Gasteiger partial charge in [0.05, 0.1) is 0 Å². The minimum absolute atomic E-state index is 0.00840. The zero-order chi connectivity index (χ0) is 21.6. The Labute approximate surface area is 158 Å². The number of nitrogens with one attached hydrogen (secondary N) is 2. The second-order valence-electron chi connectivity index (χ2n) is 5.26. The summed E-state index contributed by atoms with van der Waals surface area (Å²) in [7, 11) is 0. The topological polar surface area (TPSA) is 67.4 Å². The Morgan fingerprint density at radius 3 is 1.48 bits per heavy atom. The van der Waals surface area contributed by atoms with E-state index in [9.17, 15) is 9.59 Å². The molecule has 1 atom stereocenters. The average Bonchev–Trinajstić information content (AvgIpc) is 2.58. The number of carbonyl (C=O) groups is 2. The molecule has 156 valence electrons. The molecule has 0 radical (unpaired) electrons. The molecule has 0 heterocycles. The summed E-state index contributed by atoms with van der Waals surface area (Å²) >= 11 is 0. The van der Waals surface area contributed by atoms with Gasteiger partial charge in [-0.25, -0.2) is 4.79 Å². The van der Waals surface area contributed by atoms with Gasteiger partial charge in [-0.1, -0.05) is 69.2 Å². The molecule has 2 amide bonds. The van der Waals surface area contributed by atoms with Crippen molar-refractivity contribution in [2.75, 3.05) is 6.54 Å². The fraction of sp³-hybridized carbons (Fsp3) is 0.900. The minimum atomic E-state index is -0.567. The first-order chi connectivity index (χ1) is 11.7. The minimum Gasteiger partial charge on any atom is -0.444 e. The average molecular weight is 365 g/mol. The maximum absolute atomic E-state index is 11.7. The highest BCUT2D eigenvalue weighted by atomic mass is 16.6. The van der Waals surface area contributed by atoms with Crippen LogP contribution in [-0.2, 0) is 9.53 Å². The normalized spacial score (nSPS) is 9.88. The third-order valence-corrected chi connectivity index (χ3v) is 1.97. The van der Waals surface area contributed by atoms with Crippen molar-refractivity contribution in [1.82, 2.24) is 10.6 Å². The van der Waals surface area contributed by atoms with E-state index in [1.807, 2.05) is 76.2 Å². The van der Waals surface area contributed by atoms with E-state index in [0.29, 0.717) is 6.54 Å². The van der Waals surface area contributed by atoms with Crippen molar-refractivity contribution in [2.24, 2.45) is 5.92 Å². The lowest BCUT2D eigenvalue weighted by Crippen LogP contribution is -2.50. The molecule has 0 aromatic carbocycles. The van der Waals surface area contributed by atoms with Gasteiger partial charge in [-0.2, -0.15) is 0 Å². The largest absolute Gasteiger partial charge is 0.444 e. The molecule has 2 N–H and O–H groups in total. The highest BCUT2D eigenvalue weighted by molar-refractivity contribution is 5.85. The number of hydrogen-bond donors (Lipinski definition) is 2. The Kier molecular flexibility index (Phi) is 34.9. The van der Waals surface area contributed by atoms with E-state index in [-0.39, 0.29) is 11.8 Å². The molecule has 25 heavy (non-hydrogen) atoms. The fourth-order valence-electron chi connectivity index (χ4n) is 1.25. The van der Waals surface area contributed by atoms with E-state index < -0.39 is 17.7 Å². The number of likely N-dealkylation sites (N-methyl/N-ethyl adjacent to an activating group) is 1. The number of amides is 2. The van der Waals surface area contributed by atoms with Crippen LogP contribution < -0.4 is 10.6 Å². The van der Waals surface area contributed by atoms with Crippen LogP contribution in [0.3, 0.4) is 0 Å². The molecule has 0 aliphatic heterocycles. The van der Waals surface area contributed by atoms with Gasteiger partial charge in [-0.15, -0.1) is 0 Å². The van der Waals surface area contributed by atoms with E-state index in [1.54, 1.807) is 20.8 Å². The maximum atomic E-state index is 11.7. The monoisotopic (exact) mass is 364 g/mol. The molecule has 0 spiro atoms. The van der Waals surface area contributed by atoms with Crippen LogP contribution in [0.4, 0.5) is 4.79 Å². The molecule has 0 bridgehead atoms. The summed E-state index contributed by atoms with van der Waals surface area (Å²) < 4.78 is 5.12. The van der Waals surface area contributed by atoms with Gasteiger partial charge in [-0.05, 0) is 33.6 Å². The molecule has 1 unspecified atom stereocenters. The summed E-state index contributed by atoms with van der Waals surface area (Å²) in [5.41, 5.74) is -0.563. The highest BCUT2D eigenvalue weighted by Crippen LogP contribution is 2.08. The summed E-state index contributed by atoms with van der Waals surface area (Å²) in [6, 6.07) is -0.565. The molecular weight excluding hydrogens is 316 g/mol. The molecule has 0 saturated carbocycles. The van der Waals surface area contributed by atoms with E-state index >= 15 is 0 Å². The van der Waals surface area contributed by atoms with Crippen LogP contribution in [0.5, 0.6) is 0 Å². The first-order valence-electron chi connectivity index (χ1n) is 9.94. The summed E-state index contributed by atoms with van der Waals surface area (Å²) in [5, 5.41) is 5.27. The molecule has 0 aliphatic rings. The van der Waals surface area contributed by atoms with E-state index in [1.165, 1.54) is 0 Å². The number of hydrogen-bond acceptors (Lipinski definition) is 3. The van der Waals surface area contributed by atoms with Gasteiger partial charge in [0, 0.05) is 6.54 Å². The van der Waals surface area contributed by atoms with Crippen LogP contribution in [0.1, 0.15) is 96.9 Å². The zero-order valence-corrected chi connectivity index (χ0v) is 19.6. The zero-order valence-electron chi connectivity index (χ0n) is 19.6. The summed E-state index contributed by atoms with van der Waals surface area (Å²) in [4.78, 5) is 23.3. The third-order valence-electron chi connectivity index (χ3n) is 1.97. The molecular formula is C20H48N2O3. The molecule has 5 nitrogen and oxygen atoms in total.